The second-order valence-electron chi connectivity index (χ2n) is 5.21. The van der Waals surface area contributed by atoms with E-state index < -0.39 is 0 Å². The van der Waals surface area contributed by atoms with E-state index in [1.807, 2.05) is 13.2 Å². The summed E-state index contributed by atoms with van der Waals surface area (Å²) in [5.41, 5.74) is 6.78. The second-order valence-corrected chi connectivity index (χ2v) is 6.21. The molecule has 112 valence electrons. The summed E-state index contributed by atoms with van der Waals surface area (Å²) in [7, 11) is 1.84. The summed E-state index contributed by atoms with van der Waals surface area (Å²) in [5, 5.41) is 10.9. The van der Waals surface area contributed by atoms with Gasteiger partial charge in [-0.2, -0.15) is 5.10 Å². The monoisotopic (exact) mass is 306 g/mol. The highest BCUT2D eigenvalue weighted by Gasteiger charge is 2.21. The molecule has 3 rings (SSSR count). The normalized spacial score (nSPS) is 14.7. The van der Waals surface area contributed by atoms with Gasteiger partial charge >= 0.3 is 0 Å². The zero-order chi connectivity index (χ0) is 14.8. The fourth-order valence-electron chi connectivity index (χ4n) is 2.11. The number of hydrogen-bond acceptors (Lipinski definition) is 6. The van der Waals surface area contributed by atoms with Crippen molar-refractivity contribution in [2.45, 2.75) is 31.8 Å². The maximum atomic E-state index is 12.2. The Morgan fingerprint density at radius 2 is 2.38 bits per heavy atom. The van der Waals surface area contributed by atoms with Gasteiger partial charge in [0.05, 0.1) is 6.20 Å². The Morgan fingerprint density at radius 3 is 3.00 bits per heavy atom. The van der Waals surface area contributed by atoms with Gasteiger partial charge in [0, 0.05) is 31.4 Å². The largest absolute Gasteiger partial charge is 0.382 e. The van der Waals surface area contributed by atoms with Gasteiger partial charge in [-0.25, -0.2) is 4.98 Å². The number of thiazole rings is 1. The van der Waals surface area contributed by atoms with E-state index in [0.717, 1.165) is 23.5 Å². The number of amides is 1. The average molecular weight is 306 g/mol. The van der Waals surface area contributed by atoms with Gasteiger partial charge in [-0.3, -0.25) is 9.48 Å². The van der Waals surface area contributed by atoms with Gasteiger partial charge in [0.15, 0.2) is 5.13 Å². The van der Waals surface area contributed by atoms with Gasteiger partial charge < -0.3 is 16.4 Å². The Morgan fingerprint density at radius 1 is 1.57 bits per heavy atom. The zero-order valence-corrected chi connectivity index (χ0v) is 12.6. The summed E-state index contributed by atoms with van der Waals surface area (Å²) in [6.45, 7) is 0.426. The van der Waals surface area contributed by atoms with Crippen LogP contribution in [-0.4, -0.2) is 26.7 Å². The topological polar surface area (TPSA) is 97.9 Å². The van der Waals surface area contributed by atoms with E-state index in [2.05, 4.69) is 20.7 Å². The quantitative estimate of drug-likeness (QED) is 0.774. The van der Waals surface area contributed by atoms with E-state index in [9.17, 15) is 4.79 Å². The predicted molar refractivity (Wildman–Crippen MR) is 82.2 cm³/mol. The van der Waals surface area contributed by atoms with Gasteiger partial charge in [0.2, 0.25) is 0 Å². The molecule has 2 aromatic heterocycles. The molecule has 7 nitrogen and oxygen atoms in total. The first kappa shape index (κ1) is 13.9. The highest BCUT2D eigenvalue weighted by atomic mass is 32.1. The Labute approximate surface area is 126 Å². The van der Waals surface area contributed by atoms with Crippen LogP contribution in [0.2, 0.25) is 0 Å². The van der Waals surface area contributed by atoms with Crippen LogP contribution in [0.3, 0.4) is 0 Å². The number of nitrogens with one attached hydrogen (secondary N) is 2. The molecule has 21 heavy (non-hydrogen) atoms. The van der Waals surface area contributed by atoms with Crippen LogP contribution in [0.5, 0.6) is 0 Å². The van der Waals surface area contributed by atoms with Crippen molar-refractivity contribution in [1.82, 2.24) is 20.1 Å². The molecule has 0 spiro atoms. The number of hydrogen-bond donors (Lipinski definition) is 3. The number of rotatable bonds is 5. The van der Waals surface area contributed by atoms with Crippen LogP contribution in [0.4, 0.5) is 10.9 Å². The zero-order valence-electron chi connectivity index (χ0n) is 11.8. The van der Waals surface area contributed by atoms with Crippen molar-refractivity contribution < 1.29 is 4.79 Å². The van der Waals surface area contributed by atoms with Crippen molar-refractivity contribution in [1.29, 1.82) is 0 Å². The minimum absolute atomic E-state index is 0.199. The molecule has 1 aliphatic rings. The number of nitrogen functional groups attached to an aromatic ring is 1. The van der Waals surface area contributed by atoms with Crippen LogP contribution in [0, 0.1) is 0 Å². The predicted octanol–water partition coefficient (Wildman–Crippen LogP) is 1.35. The highest BCUT2D eigenvalue weighted by Crippen LogP contribution is 2.29. The van der Waals surface area contributed by atoms with E-state index in [-0.39, 0.29) is 11.7 Å². The summed E-state index contributed by atoms with van der Waals surface area (Å²) >= 11 is 1.31. The van der Waals surface area contributed by atoms with E-state index in [0.29, 0.717) is 17.5 Å². The maximum absolute atomic E-state index is 12.2. The van der Waals surface area contributed by atoms with Crippen LogP contribution in [0.25, 0.3) is 0 Å². The van der Waals surface area contributed by atoms with E-state index in [4.69, 9.17) is 5.73 Å². The molecule has 0 bridgehead atoms. The minimum atomic E-state index is -0.199. The summed E-state index contributed by atoms with van der Waals surface area (Å²) in [6.07, 6.45) is 7.14. The van der Waals surface area contributed by atoms with E-state index >= 15 is 0 Å². The number of aromatic nitrogens is 3. The first-order chi connectivity index (χ1) is 10.1. The van der Waals surface area contributed by atoms with Crippen molar-refractivity contribution in [3.63, 3.8) is 0 Å². The Kier molecular flexibility index (Phi) is 3.78. The average Bonchev–Trinajstić information content (AvgIpc) is 2.97. The molecular formula is C13H18N6OS. The van der Waals surface area contributed by atoms with Crippen LogP contribution in [0.15, 0.2) is 12.4 Å². The summed E-state index contributed by atoms with van der Waals surface area (Å²) < 4.78 is 1.70. The number of aryl methyl sites for hydroxylation is 1. The van der Waals surface area contributed by atoms with Crippen molar-refractivity contribution in [3.8, 4) is 0 Å². The minimum Gasteiger partial charge on any atom is -0.382 e. The van der Waals surface area contributed by atoms with Crippen molar-refractivity contribution >= 4 is 28.2 Å². The molecular weight excluding hydrogens is 288 g/mol. The molecule has 2 heterocycles. The smallest absolute Gasteiger partial charge is 0.265 e. The number of carbonyl (C=O) groups is 1. The van der Waals surface area contributed by atoms with Gasteiger partial charge in [-0.1, -0.05) is 11.3 Å². The standard InChI is InChI=1S/C13H18N6OS/c1-19-7-8(6-16-19)5-15-12(20)10-11(14)18-13(21-10)17-9-3-2-4-9/h6-7,9H,2-5,14H2,1H3,(H,15,20)(H,17,18). The molecule has 0 unspecified atom stereocenters. The molecule has 2 aromatic rings. The third-order valence-electron chi connectivity index (χ3n) is 3.50. The number of nitrogens with zero attached hydrogens (tertiary/aromatic N) is 3. The third kappa shape index (κ3) is 3.15. The molecule has 1 aliphatic carbocycles. The molecule has 0 aromatic carbocycles. The molecule has 0 radical (unpaired) electrons. The van der Waals surface area contributed by atoms with Crippen LogP contribution in [-0.2, 0) is 13.6 Å². The van der Waals surface area contributed by atoms with Gasteiger partial charge in [-0.05, 0) is 19.3 Å². The fourth-order valence-corrected chi connectivity index (χ4v) is 2.99. The van der Waals surface area contributed by atoms with Crippen molar-refractivity contribution in [2.75, 3.05) is 11.1 Å². The lowest BCUT2D eigenvalue weighted by molar-refractivity contribution is 0.0955. The molecule has 1 saturated carbocycles. The molecule has 4 N–H and O–H groups in total. The Balaban J connectivity index is 1.60. The maximum Gasteiger partial charge on any atom is 0.265 e. The van der Waals surface area contributed by atoms with Crippen LogP contribution < -0.4 is 16.4 Å². The summed E-state index contributed by atoms with van der Waals surface area (Å²) in [6, 6.07) is 0.474. The lowest BCUT2D eigenvalue weighted by Gasteiger charge is -2.25. The van der Waals surface area contributed by atoms with Gasteiger partial charge in [0.25, 0.3) is 5.91 Å². The summed E-state index contributed by atoms with van der Waals surface area (Å²) in [5.74, 6) is 0.0843. The van der Waals surface area contributed by atoms with E-state index in [1.54, 1.807) is 10.9 Å². The third-order valence-corrected chi connectivity index (χ3v) is 4.50. The second kappa shape index (κ2) is 5.72. The van der Waals surface area contributed by atoms with E-state index in [1.165, 1.54) is 17.8 Å². The SMILES string of the molecule is Cn1cc(CNC(=O)c2sc(NC3CCC3)nc2N)cn1. The lowest BCUT2D eigenvalue weighted by atomic mass is 9.93. The van der Waals surface area contributed by atoms with Crippen LogP contribution in [0.1, 0.15) is 34.5 Å². The lowest BCUT2D eigenvalue weighted by Crippen LogP contribution is -2.26. The first-order valence-corrected chi connectivity index (χ1v) is 7.72. The molecule has 0 aliphatic heterocycles. The Bertz CT molecular complexity index is 645. The molecule has 1 amide bonds. The molecule has 0 atom stereocenters. The van der Waals surface area contributed by atoms with Gasteiger partial charge in [-0.15, -0.1) is 0 Å². The van der Waals surface area contributed by atoms with Gasteiger partial charge in [0.1, 0.15) is 10.7 Å². The first-order valence-electron chi connectivity index (χ1n) is 6.90. The molecule has 1 fully saturated rings. The van der Waals surface area contributed by atoms with Crippen molar-refractivity contribution in [2.24, 2.45) is 7.05 Å². The number of anilines is 2. The molecule has 0 saturated heterocycles. The summed E-state index contributed by atoms with van der Waals surface area (Å²) in [4.78, 5) is 16.8. The van der Waals surface area contributed by atoms with Crippen LogP contribution >= 0.6 is 11.3 Å². The molecule has 8 heteroatoms. The fraction of sp³-hybridized carbons (Fsp3) is 0.462. The highest BCUT2D eigenvalue weighted by molar-refractivity contribution is 7.18. The van der Waals surface area contributed by atoms with Crippen molar-refractivity contribution in [3.05, 3.63) is 22.8 Å². The Hall–Kier alpha value is -2.09. The number of carbonyl (C=O) groups excluding carboxylic acids is 1. The number of nitrogens with two attached hydrogens (primary N) is 1.